The van der Waals surface area contributed by atoms with Crippen molar-refractivity contribution in [1.29, 1.82) is 5.26 Å². The average molecular weight is 504 g/mol. The molecule has 188 valence electrons. The molecule has 10 heteroatoms. The molecule has 2 unspecified atom stereocenters. The number of nitriles is 1. The number of H-pyrrole nitrogens is 2. The molecule has 0 aliphatic carbocycles. The van der Waals surface area contributed by atoms with Gasteiger partial charge in [0.05, 0.1) is 17.5 Å². The van der Waals surface area contributed by atoms with Crippen LogP contribution in [-0.4, -0.2) is 59.8 Å². The first-order valence-corrected chi connectivity index (χ1v) is 12.6. The van der Waals surface area contributed by atoms with E-state index >= 15 is 0 Å². The van der Waals surface area contributed by atoms with Gasteiger partial charge in [0, 0.05) is 91.2 Å². The lowest BCUT2D eigenvalue weighted by molar-refractivity contribution is -0.00900. The number of anilines is 1. The predicted octanol–water partition coefficient (Wildman–Crippen LogP) is 3.05. The molecule has 0 saturated carbocycles. The quantitative estimate of drug-likeness (QED) is 0.378. The predicted molar refractivity (Wildman–Crippen MR) is 143 cm³/mol. The molecule has 5 aromatic rings. The van der Waals surface area contributed by atoms with E-state index in [4.69, 9.17) is 4.98 Å². The standard InChI is InChI=1S/C28H25N9O/c1-35-13-20(12-33-35)24-8-23-26(19(9-29)11-32-27(23)34-24)17-4-5-25(31-10-17)36-15-21-7-22(16-36)37(21)14-18-3-2-6-30-28(18)38/h2-6,8,10-13,21-22H,7,14-16H2,1H3,(H,30,38)(H,32,34). The number of rotatable bonds is 5. The fourth-order valence-electron chi connectivity index (χ4n) is 5.82. The fraction of sp³-hybridized carbons (Fsp3) is 0.250. The van der Waals surface area contributed by atoms with Crippen LogP contribution in [0.3, 0.4) is 0 Å². The molecule has 5 aromatic heterocycles. The molecule has 0 radical (unpaired) electrons. The maximum atomic E-state index is 12.1. The van der Waals surface area contributed by atoms with E-state index in [-0.39, 0.29) is 5.56 Å². The van der Waals surface area contributed by atoms with Gasteiger partial charge in [-0.3, -0.25) is 14.4 Å². The second-order valence-electron chi connectivity index (χ2n) is 10.1. The molecule has 3 aliphatic heterocycles. The van der Waals surface area contributed by atoms with Crippen molar-refractivity contribution in [3.8, 4) is 28.5 Å². The Labute approximate surface area is 218 Å². The number of piperazine rings is 1. The van der Waals surface area contributed by atoms with Gasteiger partial charge in [-0.05, 0) is 30.7 Å². The summed E-state index contributed by atoms with van der Waals surface area (Å²) in [5, 5.41) is 15.0. The van der Waals surface area contributed by atoms with Gasteiger partial charge in [0.2, 0.25) is 0 Å². The van der Waals surface area contributed by atoms with Gasteiger partial charge in [-0.25, -0.2) is 9.97 Å². The van der Waals surface area contributed by atoms with Gasteiger partial charge in [0.1, 0.15) is 17.5 Å². The van der Waals surface area contributed by atoms with E-state index in [0.29, 0.717) is 24.2 Å². The molecule has 2 atom stereocenters. The van der Waals surface area contributed by atoms with Crippen molar-refractivity contribution in [2.24, 2.45) is 7.05 Å². The van der Waals surface area contributed by atoms with Gasteiger partial charge in [-0.1, -0.05) is 6.07 Å². The van der Waals surface area contributed by atoms with Crippen LogP contribution in [0.25, 0.3) is 33.4 Å². The number of fused-ring (bicyclic) bond motifs is 3. The highest BCUT2D eigenvalue weighted by Gasteiger charge is 2.44. The summed E-state index contributed by atoms with van der Waals surface area (Å²) >= 11 is 0. The number of nitrogens with zero attached hydrogens (tertiary/aromatic N) is 7. The van der Waals surface area contributed by atoms with Crippen LogP contribution in [0, 0.1) is 11.3 Å². The van der Waals surface area contributed by atoms with Crippen molar-refractivity contribution in [3.63, 3.8) is 0 Å². The third-order valence-electron chi connectivity index (χ3n) is 7.75. The first-order valence-electron chi connectivity index (χ1n) is 12.6. The molecular weight excluding hydrogens is 478 g/mol. The summed E-state index contributed by atoms with van der Waals surface area (Å²) in [6, 6.07) is 13.0. The van der Waals surface area contributed by atoms with Crippen molar-refractivity contribution in [3.05, 3.63) is 82.8 Å². The number of aromatic amines is 2. The summed E-state index contributed by atoms with van der Waals surface area (Å²) in [6.07, 6.45) is 10.0. The molecule has 0 aromatic carbocycles. The van der Waals surface area contributed by atoms with E-state index in [2.05, 4.69) is 35.9 Å². The van der Waals surface area contributed by atoms with Crippen LogP contribution in [-0.2, 0) is 13.6 Å². The molecule has 8 rings (SSSR count). The number of piperidine rings is 1. The molecule has 38 heavy (non-hydrogen) atoms. The lowest BCUT2D eigenvalue weighted by Crippen LogP contribution is -2.68. The number of nitrogens with one attached hydrogen (secondary N) is 2. The van der Waals surface area contributed by atoms with Crippen LogP contribution >= 0.6 is 0 Å². The number of aryl methyl sites for hydroxylation is 1. The lowest BCUT2D eigenvalue weighted by atomic mass is 9.87. The van der Waals surface area contributed by atoms with E-state index < -0.39 is 0 Å². The average Bonchev–Trinajstić information content (AvgIpc) is 3.58. The Bertz CT molecular complexity index is 1750. The van der Waals surface area contributed by atoms with Gasteiger partial charge in [-0.15, -0.1) is 0 Å². The zero-order valence-electron chi connectivity index (χ0n) is 20.8. The molecular formula is C28H25N9O. The normalized spacial score (nSPS) is 18.9. The van der Waals surface area contributed by atoms with Crippen LogP contribution in [0.1, 0.15) is 17.5 Å². The summed E-state index contributed by atoms with van der Waals surface area (Å²) in [4.78, 5) is 32.3. The van der Waals surface area contributed by atoms with Crippen molar-refractivity contribution in [2.45, 2.75) is 25.0 Å². The van der Waals surface area contributed by atoms with E-state index in [1.807, 2.05) is 49.8 Å². The Morgan fingerprint density at radius 1 is 1.11 bits per heavy atom. The molecule has 0 amide bonds. The zero-order chi connectivity index (χ0) is 25.8. The van der Waals surface area contributed by atoms with E-state index in [0.717, 1.165) is 64.3 Å². The highest BCUT2D eigenvalue weighted by molar-refractivity contribution is 5.98. The summed E-state index contributed by atoms with van der Waals surface area (Å²) in [7, 11) is 1.88. The maximum Gasteiger partial charge on any atom is 0.252 e. The van der Waals surface area contributed by atoms with Gasteiger partial charge in [0.15, 0.2) is 0 Å². The molecule has 2 bridgehead atoms. The molecule has 10 nitrogen and oxygen atoms in total. The Balaban J connectivity index is 1.14. The van der Waals surface area contributed by atoms with Crippen LogP contribution in [0.4, 0.5) is 5.82 Å². The van der Waals surface area contributed by atoms with Gasteiger partial charge >= 0.3 is 0 Å². The number of aromatic nitrogens is 6. The lowest BCUT2D eigenvalue weighted by Gasteiger charge is -2.56. The smallest absolute Gasteiger partial charge is 0.252 e. The van der Waals surface area contributed by atoms with Crippen LogP contribution < -0.4 is 10.5 Å². The second kappa shape index (κ2) is 8.68. The maximum absolute atomic E-state index is 12.1. The molecule has 3 aliphatic rings. The van der Waals surface area contributed by atoms with E-state index in [1.165, 1.54) is 0 Å². The first-order chi connectivity index (χ1) is 18.6. The van der Waals surface area contributed by atoms with Gasteiger partial charge in [-0.2, -0.15) is 10.4 Å². The topological polar surface area (TPSA) is 123 Å². The minimum atomic E-state index is -0.0106. The SMILES string of the molecule is Cn1cc(-c2cc3c(-c4ccc(N5CC6CC(C5)N6Cc5ccc[nH]c5=O)nc4)c(C#N)cnc3[nH]2)cn1. The third-order valence-corrected chi connectivity index (χ3v) is 7.75. The molecule has 3 fully saturated rings. The Hall–Kier alpha value is -4.75. The summed E-state index contributed by atoms with van der Waals surface area (Å²) in [5.41, 5.74) is 5.58. The van der Waals surface area contributed by atoms with Crippen molar-refractivity contribution < 1.29 is 0 Å². The minimum absolute atomic E-state index is 0.0106. The Kier molecular flexibility index (Phi) is 5.13. The molecule has 3 saturated heterocycles. The van der Waals surface area contributed by atoms with E-state index in [1.54, 1.807) is 23.3 Å². The highest BCUT2D eigenvalue weighted by Crippen LogP contribution is 2.37. The van der Waals surface area contributed by atoms with Crippen LogP contribution in [0.2, 0.25) is 0 Å². The monoisotopic (exact) mass is 503 g/mol. The zero-order valence-corrected chi connectivity index (χ0v) is 20.8. The third kappa shape index (κ3) is 3.67. The minimum Gasteiger partial charge on any atom is -0.353 e. The van der Waals surface area contributed by atoms with Crippen molar-refractivity contribution in [1.82, 2.24) is 34.6 Å². The molecule has 0 spiro atoms. The largest absolute Gasteiger partial charge is 0.353 e. The van der Waals surface area contributed by atoms with Crippen LogP contribution in [0.15, 0.2) is 66.1 Å². The molecule has 8 heterocycles. The number of hydrogen-bond donors (Lipinski definition) is 2. The number of hydrogen-bond acceptors (Lipinski definition) is 7. The Morgan fingerprint density at radius 2 is 1.97 bits per heavy atom. The van der Waals surface area contributed by atoms with Crippen molar-refractivity contribution >= 4 is 16.9 Å². The summed E-state index contributed by atoms with van der Waals surface area (Å²) < 4.78 is 1.75. The van der Waals surface area contributed by atoms with Crippen LogP contribution in [0.5, 0.6) is 0 Å². The Morgan fingerprint density at radius 3 is 2.68 bits per heavy atom. The van der Waals surface area contributed by atoms with Gasteiger partial charge in [0.25, 0.3) is 5.56 Å². The fourth-order valence-corrected chi connectivity index (χ4v) is 5.82. The summed E-state index contributed by atoms with van der Waals surface area (Å²) in [5.74, 6) is 0.926. The van der Waals surface area contributed by atoms with E-state index in [9.17, 15) is 10.1 Å². The number of pyridine rings is 3. The van der Waals surface area contributed by atoms with Gasteiger partial charge < -0.3 is 14.9 Å². The second-order valence-corrected chi connectivity index (χ2v) is 10.1. The van der Waals surface area contributed by atoms with Crippen molar-refractivity contribution in [2.75, 3.05) is 18.0 Å². The highest BCUT2D eigenvalue weighted by atomic mass is 16.1. The first kappa shape index (κ1) is 22.4. The summed E-state index contributed by atoms with van der Waals surface area (Å²) in [6.45, 7) is 2.43. The molecule has 2 N–H and O–H groups in total.